The van der Waals surface area contributed by atoms with Crippen LogP contribution >= 0.6 is 0 Å². The fraction of sp³-hybridized carbons (Fsp3) is 0.400. The SMILES string of the molecule is COC(C)(CN)c1cc(F)ccc1O. The van der Waals surface area contributed by atoms with Crippen LogP contribution in [0, 0.1) is 5.82 Å². The summed E-state index contributed by atoms with van der Waals surface area (Å²) in [6.07, 6.45) is 0. The Hall–Kier alpha value is -1.13. The summed E-state index contributed by atoms with van der Waals surface area (Å²) in [4.78, 5) is 0. The zero-order valence-corrected chi connectivity index (χ0v) is 8.25. The van der Waals surface area contributed by atoms with Crippen molar-refractivity contribution in [3.63, 3.8) is 0 Å². The average molecular weight is 199 g/mol. The van der Waals surface area contributed by atoms with E-state index in [4.69, 9.17) is 10.5 Å². The van der Waals surface area contributed by atoms with E-state index in [0.717, 1.165) is 0 Å². The molecule has 0 saturated carbocycles. The molecule has 0 spiro atoms. The van der Waals surface area contributed by atoms with Gasteiger partial charge in [-0.1, -0.05) is 0 Å². The molecule has 1 unspecified atom stereocenters. The molecule has 1 aromatic carbocycles. The molecule has 1 aromatic rings. The molecule has 3 nitrogen and oxygen atoms in total. The van der Waals surface area contributed by atoms with E-state index in [-0.39, 0.29) is 12.3 Å². The number of phenols is 1. The molecule has 14 heavy (non-hydrogen) atoms. The highest BCUT2D eigenvalue weighted by Crippen LogP contribution is 2.31. The highest BCUT2D eigenvalue weighted by atomic mass is 19.1. The Morgan fingerprint density at radius 3 is 2.71 bits per heavy atom. The third-order valence-corrected chi connectivity index (χ3v) is 2.37. The molecule has 78 valence electrons. The van der Waals surface area contributed by atoms with Gasteiger partial charge in [0, 0.05) is 19.2 Å². The Balaban J connectivity index is 3.22. The van der Waals surface area contributed by atoms with E-state index in [1.54, 1.807) is 6.92 Å². The van der Waals surface area contributed by atoms with Gasteiger partial charge in [-0.15, -0.1) is 0 Å². The highest BCUT2D eigenvalue weighted by Gasteiger charge is 2.27. The van der Waals surface area contributed by atoms with Crippen molar-refractivity contribution >= 4 is 0 Å². The Bertz CT molecular complexity index is 324. The van der Waals surface area contributed by atoms with Crippen LogP contribution in [0.5, 0.6) is 5.75 Å². The number of hydrogen-bond acceptors (Lipinski definition) is 3. The first-order valence-corrected chi connectivity index (χ1v) is 4.27. The molecule has 0 aliphatic rings. The first kappa shape index (κ1) is 10.9. The third kappa shape index (κ3) is 1.86. The summed E-state index contributed by atoms with van der Waals surface area (Å²) in [6.45, 7) is 1.86. The number of rotatable bonds is 3. The van der Waals surface area contributed by atoms with Crippen molar-refractivity contribution in [1.29, 1.82) is 0 Å². The van der Waals surface area contributed by atoms with E-state index >= 15 is 0 Å². The van der Waals surface area contributed by atoms with Gasteiger partial charge in [0.15, 0.2) is 0 Å². The van der Waals surface area contributed by atoms with Gasteiger partial charge in [0.05, 0.1) is 0 Å². The Labute approximate surface area is 82.3 Å². The summed E-state index contributed by atoms with van der Waals surface area (Å²) in [5.74, 6) is -0.435. The number of aromatic hydroxyl groups is 1. The van der Waals surface area contributed by atoms with Crippen molar-refractivity contribution < 1.29 is 14.2 Å². The second-order valence-electron chi connectivity index (χ2n) is 3.30. The Kier molecular flexibility index (Phi) is 3.08. The third-order valence-electron chi connectivity index (χ3n) is 2.37. The number of phenolic OH excluding ortho intramolecular Hbond substituents is 1. The summed E-state index contributed by atoms with van der Waals surface area (Å²) >= 11 is 0. The van der Waals surface area contributed by atoms with E-state index in [9.17, 15) is 9.50 Å². The van der Waals surface area contributed by atoms with Gasteiger partial charge in [-0.05, 0) is 25.1 Å². The van der Waals surface area contributed by atoms with E-state index < -0.39 is 11.4 Å². The van der Waals surface area contributed by atoms with Crippen LogP contribution in [0.15, 0.2) is 18.2 Å². The highest BCUT2D eigenvalue weighted by molar-refractivity contribution is 5.37. The molecule has 0 aliphatic carbocycles. The Morgan fingerprint density at radius 2 is 2.21 bits per heavy atom. The van der Waals surface area contributed by atoms with Crippen molar-refractivity contribution in [3.8, 4) is 5.75 Å². The predicted molar refractivity (Wildman–Crippen MR) is 51.5 cm³/mol. The van der Waals surface area contributed by atoms with Crippen molar-refractivity contribution in [2.45, 2.75) is 12.5 Å². The quantitative estimate of drug-likeness (QED) is 0.772. The molecule has 0 aromatic heterocycles. The van der Waals surface area contributed by atoms with Crippen molar-refractivity contribution in [3.05, 3.63) is 29.6 Å². The monoisotopic (exact) mass is 199 g/mol. The predicted octanol–water partition coefficient (Wildman–Crippen LogP) is 1.35. The molecule has 0 aliphatic heterocycles. The summed E-state index contributed by atoms with van der Waals surface area (Å²) in [5.41, 5.74) is 5.02. The fourth-order valence-corrected chi connectivity index (χ4v) is 1.24. The van der Waals surface area contributed by atoms with Crippen LogP contribution in [-0.2, 0) is 10.3 Å². The van der Waals surface area contributed by atoms with Gasteiger partial charge in [0.25, 0.3) is 0 Å². The maximum Gasteiger partial charge on any atom is 0.123 e. The molecule has 1 rings (SSSR count). The zero-order valence-electron chi connectivity index (χ0n) is 8.25. The Morgan fingerprint density at radius 1 is 1.57 bits per heavy atom. The van der Waals surface area contributed by atoms with Gasteiger partial charge in [-0.2, -0.15) is 0 Å². The molecule has 3 N–H and O–H groups in total. The van der Waals surface area contributed by atoms with Crippen LogP contribution in [0.1, 0.15) is 12.5 Å². The van der Waals surface area contributed by atoms with Crippen molar-refractivity contribution in [2.24, 2.45) is 5.73 Å². The molecule has 0 amide bonds. The first-order valence-electron chi connectivity index (χ1n) is 4.27. The maximum absolute atomic E-state index is 12.9. The fourth-order valence-electron chi connectivity index (χ4n) is 1.24. The summed E-state index contributed by atoms with van der Waals surface area (Å²) < 4.78 is 18.1. The van der Waals surface area contributed by atoms with Crippen molar-refractivity contribution in [2.75, 3.05) is 13.7 Å². The van der Waals surface area contributed by atoms with Crippen LogP contribution in [-0.4, -0.2) is 18.8 Å². The lowest BCUT2D eigenvalue weighted by Gasteiger charge is -2.27. The zero-order chi connectivity index (χ0) is 10.8. The lowest BCUT2D eigenvalue weighted by atomic mass is 9.95. The van der Waals surface area contributed by atoms with Crippen molar-refractivity contribution in [1.82, 2.24) is 0 Å². The maximum atomic E-state index is 12.9. The summed E-state index contributed by atoms with van der Waals surface area (Å²) in [6, 6.07) is 3.70. The molecule has 0 radical (unpaired) electrons. The minimum atomic E-state index is -0.855. The van der Waals surface area contributed by atoms with Crippen LogP contribution in [0.2, 0.25) is 0 Å². The summed E-state index contributed by atoms with van der Waals surface area (Å²) in [5, 5.41) is 9.53. The van der Waals surface area contributed by atoms with Gasteiger partial charge < -0.3 is 15.6 Å². The van der Waals surface area contributed by atoms with Gasteiger partial charge in [0.1, 0.15) is 17.2 Å². The number of halogens is 1. The van der Waals surface area contributed by atoms with Crippen LogP contribution in [0.4, 0.5) is 4.39 Å². The van der Waals surface area contributed by atoms with Gasteiger partial charge in [0.2, 0.25) is 0 Å². The molecule has 0 heterocycles. The largest absolute Gasteiger partial charge is 0.508 e. The van der Waals surface area contributed by atoms with Crippen LogP contribution < -0.4 is 5.73 Å². The van der Waals surface area contributed by atoms with Gasteiger partial charge >= 0.3 is 0 Å². The lowest BCUT2D eigenvalue weighted by Crippen LogP contribution is -2.33. The minimum absolute atomic E-state index is 0.0128. The second-order valence-corrected chi connectivity index (χ2v) is 3.30. The number of hydrogen-bond donors (Lipinski definition) is 2. The topological polar surface area (TPSA) is 55.5 Å². The first-order chi connectivity index (χ1) is 6.53. The normalized spacial score (nSPS) is 15.1. The second kappa shape index (κ2) is 3.94. The average Bonchev–Trinajstić information content (AvgIpc) is 2.20. The smallest absolute Gasteiger partial charge is 0.123 e. The van der Waals surface area contributed by atoms with E-state index in [2.05, 4.69) is 0 Å². The number of nitrogens with two attached hydrogens (primary N) is 1. The molecule has 1 atom stereocenters. The molecule has 0 saturated heterocycles. The minimum Gasteiger partial charge on any atom is -0.508 e. The van der Waals surface area contributed by atoms with Gasteiger partial charge in [-0.3, -0.25) is 0 Å². The summed E-state index contributed by atoms with van der Waals surface area (Å²) in [7, 11) is 1.47. The molecular formula is C10H14FNO2. The number of methoxy groups -OCH3 is 1. The van der Waals surface area contributed by atoms with Crippen LogP contribution in [0.3, 0.4) is 0 Å². The number of benzene rings is 1. The molecule has 4 heteroatoms. The van der Waals surface area contributed by atoms with E-state index in [1.807, 2.05) is 0 Å². The number of ether oxygens (including phenoxy) is 1. The molecule has 0 fully saturated rings. The van der Waals surface area contributed by atoms with Gasteiger partial charge in [-0.25, -0.2) is 4.39 Å². The van der Waals surface area contributed by atoms with E-state index in [0.29, 0.717) is 5.56 Å². The lowest BCUT2D eigenvalue weighted by molar-refractivity contribution is 0.00802. The standard InChI is InChI=1S/C10H14FNO2/c1-10(6-12,14-2)8-5-7(11)3-4-9(8)13/h3-5,13H,6,12H2,1-2H3. The van der Waals surface area contributed by atoms with E-state index in [1.165, 1.54) is 25.3 Å². The van der Waals surface area contributed by atoms with Crippen LogP contribution in [0.25, 0.3) is 0 Å². The molecular weight excluding hydrogens is 185 g/mol. The molecule has 0 bridgehead atoms.